The summed E-state index contributed by atoms with van der Waals surface area (Å²) in [5.74, 6) is 0.950. The Kier molecular flexibility index (Phi) is 6.86. The number of amides is 1. The van der Waals surface area contributed by atoms with E-state index in [4.69, 9.17) is 0 Å². The molecule has 0 aromatic heterocycles. The minimum atomic E-state index is -2.12. The first-order valence-corrected chi connectivity index (χ1v) is 7.30. The van der Waals surface area contributed by atoms with Gasteiger partial charge in [-0.1, -0.05) is 27.7 Å². The molecule has 1 N–H and O–H groups in total. The van der Waals surface area contributed by atoms with Gasteiger partial charge >= 0.3 is 0 Å². The first kappa shape index (κ1) is 14.7. The highest BCUT2D eigenvalue weighted by molar-refractivity contribution is 7.62. The Morgan fingerprint density at radius 3 is 1.87 bits per heavy atom. The van der Waals surface area contributed by atoms with Crippen LogP contribution >= 0.6 is 7.80 Å². The number of nitrogens with one attached hydrogen (secondary N) is 1. The molecule has 0 radical (unpaired) electrons. The summed E-state index contributed by atoms with van der Waals surface area (Å²) in [5.41, 5.74) is 2.36. The van der Waals surface area contributed by atoms with E-state index in [2.05, 4.69) is 33.1 Å². The zero-order valence-electron chi connectivity index (χ0n) is 10.3. The number of hydrogen-bond acceptors (Lipinski definition) is 3. The lowest BCUT2D eigenvalue weighted by molar-refractivity contribution is 0.161. The molecule has 5 heteroatoms. The molecule has 0 spiro atoms. The van der Waals surface area contributed by atoms with Crippen molar-refractivity contribution in [2.75, 3.05) is 19.8 Å². The minimum absolute atomic E-state index is 0.346. The average molecular weight is 234 g/mol. The van der Waals surface area contributed by atoms with E-state index in [-0.39, 0.29) is 5.65 Å². The van der Waals surface area contributed by atoms with Crippen LogP contribution in [0.25, 0.3) is 0 Å². The lowest BCUT2D eigenvalue weighted by Gasteiger charge is -2.26. The molecule has 0 fully saturated rings. The van der Waals surface area contributed by atoms with Crippen molar-refractivity contribution in [1.82, 2.24) is 10.4 Å². The highest BCUT2D eigenvalue weighted by Crippen LogP contribution is 2.14. The maximum atomic E-state index is 11.3. The van der Waals surface area contributed by atoms with Crippen molar-refractivity contribution in [1.29, 1.82) is 0 Å². The van der Waals surface area contributed by atoms with Crippen LogP contribution in [0.1, 0.15) is 27.7 Å². The quantitative estimate of drug-likeness (QED) is 0.567. The lowest BCUT2D eigenvalue weighted by atomic mass is 10.2. The second-order valence-electron chi connectivity index (χ2n) is 4.69. The second kappa shape index (κ2) is 7.02. The average Bonchev–Trinajstić information content (AvgIpc) is 2.00. The highest BCUT2D eigenvalue weighted by atomic mass is 31.1. The molecule has 0 aliphatic heterocycles. The second-order valence-corrected chi connectivity index (χ2v) is 6.26. The largest absolute Gasteiger partial charge is 0.317 e. The van der Waals surface area contributed by atoms with E-state index < -0.39 is 7.80 Å². The lowest BCUT2D eigenvalue weighted by Crippen LogP contribution is -2.44. The highest BCUT2D eigenvalue weighted by Gasteiger charge is 2.13. The summed E-state index contributed by atoms with van der Waals surface area (Å²) in [6.45, 7) is 11.4. The number of nitrogens with zero attached hydrogens (tertiary/aromatic N) is 1. The van der Waals surface area contributed by atoms with E-state index in [0.29, 0.717) is 11.8 Å². The summed E-state index contributed by atoms with van der Waals surface area (Å²) >= 11 is 0. The third-order valence-corrected chi connectivity index (χ3v) is 2.50. The molecule has 0 aromatic carbocycles. The van der Waals surface area contributed by atoms with E-state index in [0.717, 1.165) is 13.1 Å². The van der Waals surface area contributed by atoms with Gasteiger partial charge in [-0.25, -0.2) is 5.01 Å². The summed E-state index contributed by atoms with van der Waals surface area (Å²) in [6, 6.07) is 0. The fourth-order valence-electron chi connectivity index (χ4n) is 1.27. The van der Waals surface area contributed by atoms with E-state index in [9.17, 15) is 9.36 Å². The SMILES string of the molecule is CC(C)CN(CC(C)C)NC(=O)[PH](C)=O. The van der Waals surface area contributed by atoms with Gasteiger partial charge in [0.1, 0.15) is 0 Å². The monoisotopic (exact) mass is 234 g/mol. The van der Waals surface area contributed by atoms with Crippen LogP contribution in [-0.2, 0) is 4.57 Å². The molecule has 0 saturated carbocycles. The van der Waals surface area contributed by atoms with Gasteiger partial charge < -0.3 is 4.57 Å². The molecular formula is C10H23N2O2P. The van der Waals surface area contributed by atoms with E-state index in [1.165, 1.54) is 6.66 Å². The van der Waals surface area contributed by atoms with E-state index >= 15 is 0 Å². The maximum absolute atomic E-state index is 11.3. The zero-order chi connectivity index (χ0) is 12.0. The van der Waals surface area contributed by atoms with Gasteiger partial charge in [0.2, 0.25) is 0 Å². The standard InChI is InChI=1S/C10H23N2O2P/c1-8(2)6-12(7-9(3)4)11-10(13)15(5)14/h8-9,15H,6-7H2,1-5H3,(H,11,13). The van der Waals surface area contributed by atoms with Crippen molar-refractivity contribution >= 4 is 13.4 Å². The van der Waals surface area contributed by atoms with Crippen LogP contribution < -0.4 is 5.43 Å². The van der Waals surface area contributed by atoms with Crippen LogP contribution in [0, 0.1) is 11.8 Å². The molecule has 0 bridgehead atoms. The Hall–Kier alpha value is -0.340. The van der Waals surface area contributed by atoms with E-state index in [1.807, 2.05) is 5.01 Å². The summed E-state index contributed by atoms with van der Waals surface area (Å²) < 4.78 is 11.0. The van der Waals surface area contributed by atoms with Crippen LogP contribution in [-0.4, -0.2) is 30.4 Å². The summed E-state index contributed by atoms with van der Waals surface area (Å²) in [4.78, 5) is 11.3. The van der Waals surface area contributed by atoms with Gasteiger partial charge in [0, 0.05) is 13.1 Å². The van der Waals surface area contributed by atoms with Gasteiger partial charge in [0.15, 0.2) is 7.80 Å². The zero-order valence-corrected chi connectivity index (χ0v) is 11.3. The van der Waals surface area contributed by atoms with Crippen molar-refractivity contribution in [3.63, 3.8) is 0 Å². The topological polar surface area (TPSA) is 49.4 Å². The molecule has 0 heterocycles. The summed E-state index contributed by atoms with van der Waals surface area (Å²) in [7, 11) is -2.12. The van der Waals surface area contributed by atoms with Gasteiger partial charge in [-0.05, 0) is 18.5 Å². The molecule has 0 aromatic rings. The summed E-state index contributed by atoms with van der Waals surface area (Å²) in [5, 5.41) is 1.86. The molecule has 1 atom stereocenters. The normalized spacial score (nSPS) is 13.6. The third kappa shape index (κ3) is 7.57. The molecule has 90 valence electrons. The molecule has 0 aliphatic carbocycles. The van der Waals surface area contributed by atoms with E-state index in [1.54, 1.807) is 0 Å². The van der Waals surface area contributed by atoms with Crippen molar-refractivity contribution in [2.24, 2.45) is 11.8 Å². The Balaban J connectivity index is 4.23. The molecule has 1 amide bonds. The minimum Gasteiger partial charge on any atom is -0.317 e. The van der Waals surface area contributed by atoms with Crippen LogP contribution in [0.2, 0.25) is 0 Å². The first-order valence-electron chi connectivity index (χ1n) is 5.39. The fourth-order valence-corrected chi connectivity index (χ4v) is 1.59. The first-order chi connectivity index (χ1) is 6.82. The van der Waals surface area contributed by atoms with Crippen LogP contribution in [0.15, 0.2) is 0 Å². The number of carbonyl (C=O) groups excluding carboxylic acids is 1. The van der Waals surface area contributed by atoms with Gasteiger partial charge in [0.25, 0.3) is 5.65 Å². The Labute approximate surface area is 93.2 Å². The molecule has 0 saturated heterocycles. The Bertz CT molecular complexity index is 219. The number of rotatable bonds is 6. The van der Waals surface area contributed by atoms with Gasteiger partial charge in [-0.2, -0.15) is 0 Å². The maximum Gasteiger partial charge on any atom is 0.289 e. The van der Waals surface area contributed by atoms with Crippen LogP contribution in [0.4, 0.5) is 4.79 Å². The molecule has 15 heavy (non-hydrogen) atoms. The smallest absolute Gasteiger partial charge is 0.289 e. The Morgan fingerprint density at radius 2 is 1.60 bits per heavy atom. The van der Waals surface area contributed by atoms with Crippen molar-refractivity contribution in [3.8, 4) is 0 Å². The van der Waals surface area contributed by atoms with Gasteiger partial charge in [0.05, 0.1) is 0 Å². The third-order valence-electron chi connectivity index (χ3n) is 1.75. The van der Waals surface area contributed by atoms with Crippen LogP contribution in [0.5, 0.6) is 0 Å². The number of carbonyl (C=O) groups is 1. The van der Waals surface area contributed by atoms with Crippen molar-refractivity contribution < 1.29 is 9.36 Å². The molecule has 0 rings (SSSR count). The van der Waals surface area contributed by atoms with Gasteiger partial charge in [-0.3, -0.25) is 10.2 Å². The predicted octanol–water partition coefficient (Wildman–Crippen LogP) is 2.41. The van der Waals surface area contributed by atoms with Crippen molar-refractivity contribution in [3.05, 3.63) is 0 Å². The molecule has 4 nitrogen and oxygen atoms in total. The van der Waals surface area contributed by atoms with Gasteiger partial charge in [-0.15, -0.1) is 0 Å². The fraction of sp³-hybridized carbons (Fsp3) is 0.900. The Morgan fingerprint density at radius 1 is 1.20 bits per heavy atom. The number of hydrazine groups is 1. The summed E-state index contributed by atoms with van der Waals surface area (Å²) in [6.07, 6.45) is 0. The number of hydrogen-bond donors (Lipinski definition) is 1. The predicted molar refractivity (Wildman–Crippen MR) is 64.7 cm³/mol. The molecular weight excluding hydrogens is 211 g/mol. The molecule has 1 unspecified atom stereocenters. The van der Waals surface area contributed by atoms with Crippen LogP contribution in [0.3, 0.4) is 0 Å². The van der Waals surface area contributed by atoms with Crippen molar-refractivity contribution in [2.45, 2.75) is 27.7 Å². The molecule has 0 aliphatic rings.